The molecular formula is C18H19NO4. The molecule has 120 valence electrons. The number of hydrogen-bond donors (Lipinski definition) is 1. The third-order valence-electron chi connectivity index (χ3n) is 3.18. The van der Waals surface area contributed by atoms with Crippen LogP contribution in [0, 0.1) is 6.92 Å². The molecule has 0 atom stereocenters. The molecule has 0 aliphatic carbocycles. The fourth-order valence-corrected chi connectivity index (χ4v) is 2.04. The van der Waals surface area contributed by atoms with Gasteiger partial charge in [0.1, 0.15) is 6.61 Å². The average Bonchev–Trinajstić information content (AvgIpc) is 2.55. The van der Waals surface area contributed by atoms with Crippen molar-refractivity contribution in [1.29, 1.82) is 0 Å². The first-order valence-corrected chi connectivity index (χ1v) is 7.20. The first kappa shape index (κ1) is 16.7. The van der Waals surface area contributed by atoms with Gasteiger partial charge in [0.15, 0.2) is 0 Å². The largest absolute Gasteiger partial charge is 0.465 e. The lowest BCUT2D eigenvalue weighted by molar-refractivity contribution is -0.121. The lowest BCUT2D eigenvalue weighted by Gasteiger charge is -2.07. The van der Waals surface area contributed by atoms with E-state index in [0.29, 0.717) is 12.2 Å². The number of hydrogen-bond acceptors (Lipinski definition) is 4. The number of carbonyl (C=O) groups excluding carboxylic acids is 2. The van der Waals surface area contributed by atoms with Crippen LogP contribution in [0.4, 0.5) is 5.69 Å². The lowest BCUT2D eigenvalue weighted by atomic mass is 10.1. The Bertz CT molecular complexity index is 680. The third-order valence-corrected chi connectivity index (χ3v) is 3.18. The molecule has 1 amide bonds. The monoisotopic (exact) mass is 313 g/mol. The summed E-state index contributed by atoms with van der Waals surface area (Å²) in [6.07, 6.45) is 0. The highest BCUT2D eigenvalue weighted by Gasteiger charge is 2.06. The van der Waals surface area contributed by atoms with E-state index in [0.717, 1.165) is 16.8 Å². The number of anilines is 1. The van der Waals surface area contributed by atoms with E-state index in [1.807, 2.05) is 31.2 Å². The summed E-state index contributed by atoms with van der Waals surface area (Å²) in [6.45, 7) is 2.22. The molecule has 0 unspecified atom stereocenters. The molecule has 2 aromatic rings. The second-order valence-electron chi connectivity index (χ2n) is 5.10. The van der Waals surface area contributed by atoms with E-state index in [1.165, 1.54) is 7.11 Å². The highest BCUT2D eigenvalue weighted by atomic mass is 16.5. The Kier molecular flexibility index (Phi) is 5.88. The van der Waals surface area contributed by atoms with Gasteiger partial charge in [-0.05, 0) is 42.3 Å². The molecule has 0 aromatic heterocycles. The van der Waals surface area contributed by atoms with E-state index in [9.17, 15) is 9.59 Å². The summed E-state index contributed by atoms with van der Waals surface area (Å²) in [5.41, 5.74) is 3.19. The minimum Gasteiger partial charge on any atom is -0.465 e. The molecule has 0 saturated carbocycles. The van der Waals surface area contributed by atoms with Crippen molar-refractivity contribution in [1.82, 2.24) is 0 Å². The number of esters is 1. The molecule has 0 heterocycles. The highest BCUT2D eigenvalue weighted by Crippen LogP contribution is 2.10. The summed E-state index contributed by atoms with van der Waals surface area (Å²) in [7, 11) is 1.34. The molecule has 0 spiro atoms. The quantitative estimate of drug-likeness (QED) is 0.833. The number of amides is 1. The van der Waals surface area contributed by atoms with Crippen molar-refractivity contribution < 1.29 is 19.1 Å². The van der Waals surface area contributed by atoms with Crippen LogP contribution in [0.25, 0.3) is 0 Å². The second kappa shape index (κ2) is 8.10. The van der Waals surface area contributed by atoms with E-state index >= 15 is 0 Å². The van der Waals surface area contributed by atoms with Crippen LogP contribution in [0.15, 0.2) is 48.5 Å². The Morgan fingerprint density at radius 1 is 1.09 bits per heavy atom. The fourth-order valence-electron chi connectivity index (χ4n) is 2.04. The number of carbonyl (C=O) groups is 2. The normalized spacial score (nSPS) is 10.2. The number of methoxy groups -OCH3 is 1. The Hall–Kier alpha value is -2.66. The first-order chi connectivity index (χ1) is 11.1. The number of aryl methyl sites for hydroxylation is 1. The molecule has 0 saturated heterocycles. The summed E-state index contributed by atoms with van der Waals surface area (Å²) in [5.74, 6) is -0.586. The number of rotatable bonds is 6. The molecule has 0 bridgehead atoms. The van der Waals surface area contributed by atoms with Crippen LogP contribution in [-0.2, 0) is 20.9 Å². The molecular weight excluding hydrogens is 294 g/mol. The molecule has 2 aromatic carbocycles. The molecule has 5 nitrogen and oxygen atoms in total. The van der Waals surface area contributed by atoms with Crippen LogP contribution in [0.2, 0.25) is 0 Å². The maximum Gasteiger partial charge on any atom is 0.337 e. The summed E-state index contributed by atoms with van der Waals surface area (Å²) in [4.78, 5) is 23.1. The maximum absolute atomic E-state index is 11.8. The Balaban J connectivity index is 1.78. The standard InChI is InChI=1S/C18H19NO4/c1-13-4-3-5-16(10-13)19-17(20)12-23-11-14-6-8-15(9-7-14)18(21)22-2/h3-10H,11-12H2,1-2H3,(H,19,20). The average molecular weight is 313 g/mol. The Labute approximate surface area is 135 Å². The SMILES string of the molecule is COC(=O)c1ccc(COCC(=O)Nc2cccc(C)c2)cc1. The summed E-state index contributed by atoms with van der Waals surface area (Å²) in [6, 6.07) is 14.4. The molecule has 1 N–H and O–H groups in total. The lowest BCUT2D eigenvalue weighted by Crippen LogP contribution is -2.18. The third kappa shape index (κ3) is 5.23. The van der Waals surface area contributed by atoms with Crippen LogP contribution in [-0.4, -0.2) is 25.6 Å². The van der Waals surface area contributed by atoms with Gasteiger partial charge in [-0.3, -0.25) is 4.79 Å². The summed E-state index contributed by atoms with van der Waals surface area (Å²) in [5, 5.41) is 2.78. The summed E-state index contributed by atoms with van der Waals surface area (Å²) >= 11 is 0. The van der Waals surface area contributed by atoms with E-state index in [1.54, 1.807) is 24.3 Å². The molecule has 0 radical (unpaired) electrons. The van der Waals surface area contributed by atoms with Crippen molar-refractivity contribution in [2.75, 3.05) is 19.0 Å². The number of nitrogens with one attached hydrogen (secondary N) is 1. The van der Waals surface area contributed by atoms with Crippen molar-refractivity contribution in [2.45, 2.75) is 13.5 Å². The van der Waals surface area contributed by atoms with E-state index in [2.05, 4.69) is 10.1 Å². The molecule has 0 fully saturated rings. The van der Waals surface area contributed by atoms with Crippen molar-refractivity contribution in [3.63, 3.8) is 0 Å². The minimum atomic E-state index is -0.380. The zero-order chi connectivity index (χ0) is 16.7. The van der Waals surface area contributed by atoms with Gasteiger partial charge in [0.2, 0.25) is 5.91 Å². The van der Waals surface area contributed by atoms with Gasteiger partial charge < -0.3 is 14.8 Å². The van der Waals surface area contributed by atoms with E-state index < -0.39 is 0 Å². The molecule has 23 heavy (non-hydrogen) atoms. The van der Waals surface area contributed by atoms with Crippen LogP contribution in [0.1, 0.15) is 21.5 Å². The predicted octanol–water partition coefficient (Wildman–Crippen LogP) is 2.94. The first-order valence-electron chi connectivity index (χ1n) is 7.20. The fraction of sp³-hybridized carbons (Fsp3) is 0.222. The van der Waals surface area contributed by atoms with Gasteiger partial charge in [-0.25, -0.2) is 4.79 Å². The number of ether oxygens (including phenoxy) is 2. The molecule has 0 aliphatic heterocycles. The van der Waals surface area contributed by atoms with Crippen molar-refractivity contribution in [3.05, 3.63) is 65.2 Å². The smallest absolute Gasteiger partial charge is 0.337 e. The summed E-state index contributed by atoms with van der Waals surface area (Å²) < 4.78 is 10.0. The van der Waals surface area contributed by atoms with Gasteiger partial charge in [0.25, 0.3) is 0 Å². The van der Waals surface area contributed by atoms with Gasteiger partial charge in [-0.2, -0.15) is 0 Å². The topological polar surface area (TPSA) is 64.6 Å². The zero-order valence-corrected chi connectivity index (χ0v) is 13.2. The Morgan fingerprint density at radius 3 is 2.48 bits per heavy atom. The van der Waals surface area contributed by atoms with Crippen molar-refractivity contribution >= 4 is 17.6 Å². The van der Waals surface area contributed by atoms with Crippen molar-refractivity contribution in [2.24, 2.45) is 0 Å². The van der Waals surface area contributed by atoms with Gasteiger partial charge >= 0.3 is 5.97 Å². The second-order valence-corrected chi connectivity index (χ2v) is 5.10. The number of benzene rings is 2. The van der Waals surface area contributed by atoms with Crippen LogP contribution >= 0.6 is 0 Å². The molecule has 5 heteroatoms. The van der Waals surface area contributed by atoms with Gasteiger partial charge in [-0.15, -0.1) is 0 Å². The van der Waals surface area contributed by atoms with Gasteiger partial charge in [0.05, 0.1) is 19.3 Å². The van der Waals surface area contributed by atoms with Crippen LogP contribution in [0.3, 0.4) is 0 Å². The highest BCUT2D eigenvalue weighted by molar-refractivity contribution is 5.91. The van der Waals surface area contributed by atoms with Gasteiger partial charge in [-0.1, -0.05) is 24.3 Å². The van der Waals surface area contributed by atoms with E-state index in [-0.39, 0.29) is 18.5 Å². The zero-order valence-electron chi connectivity index (χ0n) is 13.2. The molecule has 2 rings (SSSR count). The molecule has 0 aliphatic rings. The van der Waals surface area contributed by atoms with Crippen molar-refractivity contribution in [3.8, 4) is 0 Å². The van der Waals surface area contributed by atoms with E-state index in [4.69, 9.17) is 4.74 Å². The van der Waals surface area contributed by atoms with Crippen LogP contribution in [0.5, 0.6) is 0 Å². The van der Waals surface area contributed by atoms with Gasteiger partial charge in [0, 0.05) is 5.69 Å². The Morgan fingerprint density at radius 2 is 1.83 bits per heavy atom. The maximum atomic E-state index is 11.8. The van der Waals surface area contributed by atoms with Crippen LogP contribution < -0.4 is 5.32 Å². The predicted molar refractivity (Wildman–Crippen MR) is 87.2 cm³/mol. The minimum absolute atomic E-state index is 0.0350.